The van der Waals surface area contributed by atoms with Crippen LogP contribution < -0.4 is 10.5 Å². The van der Waals surface area contributed by atoms with Gasteiger partial charge in [-0.2, -0.15) is 17.4 Å². The maximum Gasteiger partial charge on any atom is 0.280 e. The maximum absolute atomic E-state index is 12.0. The largest absolute Gasteiger partial charge is 0.368 e. The molecule has 0 spiro atoms. The summed E-state index contributed by atoms with van der Waals surface area (Å²) < 4.78 is 27.7. The normalized spacial score (nSPS) is 28.9. The summed E-state index contributed by atoms with van der Waals surface area (Å²) in [6.07, 6.45) is 1.03. The van der Waals surface area contributed by atoms with Gasteiger partial charge in [-0.1, -0.05) is 13.8 Å². The molecule has 3 N–H and O–H groups in total. The number of carbonyl (C=O) groups excluding carboxylic acids is 1. The first kappa shape index (κ1) is 14.4. The van der Waals surface area contributed by atoms with Crippen molar-refractivity contribution in [2.75, 3.05) is 13.1 Å². The summed E-state index contributed by atoms with van der Waals surface area (Å²) >= 11 is 0. The third-order valence-electron chi connectivity index (χ3n) is 2.93. The minimum atomic E-state index is -3.61. The van der Waals surface area contributed by atoms with Crippen LogP contribution in [0.2, 0.25) is 0 Å². The van der Waals surface area contributed by atoms with Crippen LogP contribution in [0.1, 0.15) is 27.2 Å². The van der Waals surface area contributed by atoms with E-state index in [1.54, 1.807) is 0 Å². The number of nitrogens with one attached hydrogen (secondary N) is 1. The van der Waals surface area contributed by atoms with E-state index in [-0.39, 0.29) is 0 Å². The molecular formula is C10H21N3O3S. The SMILES string of the molecule is CC1CC(C)CN(S(=O)(=O)NC(C)C(N)=O)C1. The molecule has 7 heteroatoms. The van der Waals surface area contributed by atoms with Gasteiger partial charge in [0.05, 0.1) is 6.04 Å². The van der Waals surface area contributed by atoms with Gasteiger partial charge < -0.3 is 5.73 Å². The molecule has 1 saturated heterocycles. The van der Waals surface area contributed by atoms with Crippen molar-refractivity contribution in [1.29, 1.82) is 0 Å². The Kier molecular flexibility index (Phi) is 4.51. The van der Waals surface area contributed by atoms with Crippen molar-refractivity contribution in [1.82, 2.24) is 9.03 Å². The predicted octanol–water partition coefficient (Wildman–Crippen LogP) is -0.327. The van der Waals surface area contributed by atoms with E-state index in [2.05, 4.69) is 4.72 Å². The number of nitrogens with zero attached hydrogens (tertiary/aromatic N) is 1. The number of carbonyl (C=O) groups is 1. The number of amides is 1. The van der Waals surface area contributed by atoms with Gasteiger partial charge in [0.15, 0.2) is 0 Å². The monoisotopic (exact) mass is 263 g/mol. The lowest BCUT2D eigenvalue weighted by Gasteiger charge is -2.34. The standard InChI is InChI=1S/C10H21N3O3S/c1-7-4-8(2)6-13(5-7)17(15,16)12-9(3)10(11)14/h7-9,12H,4-6H2,1-3H3,(H2,11,14). The molecule has 0 aromatic carbocycles. The van der Waals surface area contributed by atoms with Crippen LogP contribution in [-0.4, -0.2) is 37.8 Å². The molecule has 3 unspecified atom stereocenters. The van der Waals surface area contributed by atoms with Gasteiger partial charge in [0.1, 0.15) is 0 Å². The Hall–Kier alpha value is -0.660. The molecule has 1 heterocycles. The van der Waals surface area contributed by atoms with Gasteiger partial charge in [0.2, 0.25) is 5.91 Å². The Morgan fingerprint density at radius 1 is 1.35 bits per heavy atom. The quantitative estimate of drug-likeness (QED) is 0.727. The number of hydrogen-bond acceptors (Lipinski definition) is 3. The third-order valence-corrected chi connectivity index (χ3v) is 4.56. The molecular weight excluding hydrogens is 242 g/mol. The van der Waals surface area contributed by atoms with Crippen molar-refractivity contribution in [2.45, 2.75) is 33.2 Å². The van der Waals surface area contributed by atoms with E-state index in [0.717, 1.165) is 6.42 Å². The Balaban J connectivity index is 2.73. The molecule has 1 amide bonds. The van der Waals surface area contributed by atoms with E-state index in [1.165, 1.54) is 11.2 Å². The van der Waals surface area contributed by atoms with E-state index < -0.39 is 22.2 Å². The Bertz CT molecular complexity index is 372. The topological polar surface area (TPSA) is 92.5 Å². The Labute approximate surface area is 103 Å². The predicted molar refractivity (Wildman–Crippen MR) is 65.2 cm³/mol. The fourth-order valence-corrected chi connectivity index (χ4v) is 3.77. The van der Waals surface area contributed by atoms with Gasteiger partial charge in [-0.3, -0.25) is 4.79 Å². The van der Waals surface area contributed by atoms with Crippen molar-refractivity contribution < 1.29 is 13.2 Å². The molecule has 0 aromatic rings. The average molecular weight is 263 g/mol. The summed E-state index contributed by atoms with van der Waals surface area (Å²) in [5.41, 5.74) is 5.04. The third kappa shape index (κ3) is 3.93. The Morgan fingerprint density at radius 2 is 1.82 bits per heavy atom. The smallest absolute Gasteiger partial charge is 0.280 e. The highest BCUT2D eigenvalue weighted by molar-refractivity contribution is 7.87. The van der Waals surface area contributed by atoms with Gasteiger partial charge in [-0.15, -0.1) is 0 Å². The van der Waals surface area contributed by atoms with Crippen LogP contribution in [0.25, 0.3) is 0 Å². The highest BCUT2D eigenvalue weighted by atomic mass is 32.2. The maximum atomic E-state index is 12.0. The average Bonchev–Trinajstić information content (AvgIpc) is 2.15. The first-order valence-electron chi connectivity index (χ1n) is 5.79. The van der Waals surface area contributed by atoms with Gasteiger partial charge in [0, 0.05) is 13.1 Å². The minimum absolute atomic E-state index is 0.333. The number of rotatable bonds is 4. The van der Waals surface area contributed by atoms with E-state index in [9.17, 15) is 13.2 Å². The highest BCUT2D eigenvalue weighted by Crippen LogP contribution is 2.22. The second-order valence-corrected chi connectivity index (χ2v) is 6.71. The van der Waals surface area contributed by atoms with Gasteiger partial charge in [-0.25, -0.2) is 0 Å². The summed E-state index contributed by atoms with van der Waals surface area (Å²) in [5, 5.41) is 0. The van der Waals surface area contributed by atoms with Crippen LogP contribution in [0.4, 0.5) is 0 Å². The second kappa shape index (κ2) is 5.32. The van der Waals surface area contributed by atoms with Crippen LogP contribution in [0.5, 0.6) is 0 Å². The molecule has 17 heavy (non-hydrogen) atoms. The number of nitrogens with two attached hydrogens (primary N) is 1. The lowest BCUT2D eigenvalue weighted by Crippen LogP contribution is -2.52. The summed E-state index contributed by atoms with van der Waals surface area (Å²) in [5.74, 6) is -0.00917. The summed E-state index contributed by atoms with van der Waals surface area (Å²) in [7, 11) is -3.61. The molecule has 1 rings (SSSR count). The van der Waals surface area contributed by atoms with Crippen molar-refractivity contribution in [3.63, 3.8) is 0 Å². The number of piperidine rings is 1. The molecule has 100 valence electrons. The fourth-order valence-electron chi connectivity index (χ4n) is 2.16. The molecule has 0 saturated carbocycles. The molecule has 0 radical (unpaired) electrons. The van der Waals surface area contributed by atoms with Crippen LogP contribution >= 0.6 is 0 Å². The lowest BCUT2D eigenvalue weighted by molar-refractivity contribution is -0.119. The second-order valence-electron chi connectivity index (χ2n) is 5.01. The molecule has 1 aliphatic rings. The summed E-state index contributed by atoms with van der Waals surface area (Å²) in [6.45, 7) is 6.47. The molecule has 1 aliphatic heterocycles. The minimum Gasteiger partial charge on any atom is -0.368 e. The molecule has 1 fully saturated rings. The fraction of sp³-hybridized carbons (Fsp3) is 0.900. The van der Waals surface area contributed by atoms with Crippen LogP contribution in [0, 0.1) is 11.8 Å². The van der Waals surface area contributed by atoms with Crippen LogP contribution in [0.15, 0.2) is 0 Å². The number of hydrogen-bond donors (Lipinski definition) is 2. The van der Waals surface area contributed by atoms with Crippen molar-refractivity contribution in [3.05, 3.63) is 0 Å². The van der Waals surface area contributed by atoms with Gasteiger partial charge in [0.25, 0.3) is 10.2 Å². The zero-order valence-corrected chi connectivity index (χ0v) is 11.3. The van der Waals surface area contributed by atoms with E-state index in [0.29, 0.717) is 24.9 Å². The zero-order chi connectivity index (χ0) is 13.2. The Morgan fingerprint density at radius 3 is 2.24 bits per heavy atom. The first-order chi connectivity index (χ1) is 7.72. The zero-order valence-electron chi connectivity index (χ0n) is 10.5. The van der Waals surface area contributed by atoms with Gasteiger partial charge >= 0.3 is 0 Å². The van der Waals surface area contributed by atoms with Crippen LogP contribution in [-0.2, 0) is 15.0 Å². The molecule has 3 atom stereocenters. The molecule has 0 bridgehead atoms. The van der Waals surface area contributed by atoms with E-state index >= 15 is 0 Å². The molecule has 6 nitrogen and oxygen atoms in total. The number of primary amides is 1. The molecule has 0 aromatic heterocycles. The van der Waals surface area contributed by atoms with Crippen molar-refractivity contribution >= 4 is 16.1 Å². The summed E-state index contributed by atoms with van der Waals surface area (Å²) in [4.78, 5) is 10.9. The highest BCUT2D eigenvalue weighted by Gasteiger charge is 2.31. The van der Waals surface area contributed by atoms with Gasteiger partial charge in [-0.05, 0) is 25.2 Å². The van der Waals surface area contributed by atoms with E-state index in [1.807, 2.05) is 13.8 Å². The lowest BCUT2D eigenvalue weighted by atomic mass is 9.94. The summed E-state index contributed by atoms with van der Waals surface area (Å²) in [6, 6.07) is -0.882. The molecule has 0 aliphatic carbocycles. The first-order valence-corrected chi connectivity index (χ1v) is 7.23. The van der Waals surface area contributed by atoms with E-state index in [4.69, 9.17) is 5.73 Å². The van der Waals surface area contributed by atoms with Crippen molar-refractivity contribution in [3.8, 4) is 0 Å². The van der Waals surface area contributed by atoms with Crippen LogP contribution in [0.3, 0.4) is 0 Å². The van der Waals surface area contributed by atoms with Crippen molar-refractivity contribution in [2.24, 2.45) is 17.6 Å².